The van der Waals surface area contributed by atoms with Crippen molar-refractivity contribution in [1.82, 2.24) is 9.36 Å². The molecule has 2 aromatic rings. The van der Waals surface area contributed by atoms with Crippen molar-refractivity contribution in [3.8, 4) is 11.5 Å². The molecule has 0 aliphatic rings. The van der Waals surface area contributed by atoms with Crippen LogP contribution in [0.2, 0.25) is 0 Å². The highest BCUT2D eigenvalue weighted by atomic mass is 32.1. The molecule has 0 spiro atoms. The molecule has 96 valence electrons. The van der Waals surface area contributed by atoms with Crippen LogP contribution in [0.4, 0.5) is 10.8 Å². The van der Waals surface area contributed by atoms with E-state index in [2.05, 4.69) is 14.7 Å². The third kappa shape index (κ3) is 2.89. The second kappa shape index (κ2) is 5.68. The first-order valence-electron chi connectivity index (χ1n) is 5.61. The highest BCUT2D eigenvalue weighted by Crippen LogP contribution is 2.31. The van der Waals surface area contributed by atoms with Gasteiger partial charge in [0, 0.05) is 23.3 Å². The summed E-state index contributed by atoms with van der Waals surface area (Å²) in [5, 5.41) is 3.94. The molecule has 0 saturated carbocycles. The fourth-order valence-corrected chi connectivity index (χ4v) is 2.09. The number of aryl methyl sites for hydroxylation is 1. The van der Waals surface area contributed by atoms with Crippen LogP contribution in [0.1, 0.15) is 12.7 Å². The lowest BCUT2D eigenvalue weighted by Crippen LogP contribution is -1.97. The summed E-state index contributed by atoms with van der Waals surface area (Å²) in [5.41, 5.74) is 0.895. The van der Waals surface area contributed by atoms with Gasteiger partial charge in [-0.1, -0.05) is 0 Å². The monoisotopic (exact) mass is 265 g/mol. The van der Waals surface area contributed by atoms with Gasteiger partial charge in [-0.2, -0.15) is 4.37 Å². The Morgan fingerprint density at radius 1 is 1.33 bits per heavy atom. The summed E-state index contributed by atoms with van der Waals surface area (Å²) in [5.74, 6) is 2.20. The fraction of sp³-hybridized carbons (Fsp3) is 0.333. The van der Waals surface area contributed by atoms with E-state index < -0.39 is 0 Å². The first kappa shape index (κ1) is 12.6. The zero-order valence-corrected chi connectivity index (χ0v) is 11.4. The lowest BCUT2D eigenvalue weighted by molar-refractivity contribution is 0.311. The molecule has 18 heavy (non-hydrogen) atoms. The van der Waals surface area contributed by atoms with E-state index in [0.717, 1.165) is 22.4 Å². The average Bonchev–Trinajstić information content (AvgIpc) is 2.77. The van der Waals surface area contributed by atoms with Gasteiger partial charge in [0.15, 0.2) is 11.5 Å². The third-order valence-electron chi connectivity index (χ3n) is 2.24. The third-order valence-corrected chi connectivity index (χ3v) is 2.96. The minimum absolute atomic E-state index is 0.610. The van der Waals surface area contributed by atoms with E-state index in [4.69, 9.17) is 9.47 Å². The molecule has 5 nitrogen and oxygen atoms in total. The van der Waals surface area contributed by atoms with Crippen molar-refractivity contribution in [2.45, 2.75) is 13.8 Å². The SMILES string of the molecule is CCOc1ccc(Nc2nc(C)ns2)cc1OC. The van der Waals surface area contributed by atoms with Crippen LogP contribution in [0.15, 0.2) is 18.2 Å². The van der Waals surface area contributed by atoms with Gasteiger partial charge in [0.05, 0.1) is 13.7 Å². The maximum Gasteiger partial charge on any atom is 0.207 e. The number of hydrogen-bond donors (Lipinski definition) is 1. The molecule has 6 heteroatoms. The van der Waals surface area contributed by atoms with Crippen molar-refractivity contribution in [1.29, 1.82) is 0 Å². The Morgan fingerprint density at radius 2 is 2.17 bits per heavy atom. The smallest absolute Gasteiger partial charge is 0.207 e. The standard InChI is InChI=1S/C12H15N3O2S/c1-4-17-10-6-5-9(7-11(10)16-3)14-12-13-8(2)15-18-12/h5-7H,4H2,1-3H3,(H,13,14,15). The number of methoxy groups -OCH3 is 1. The normalized spacial score (nSPS) is 10.2. The number of ether oxygens (including phenoxy) is 2. The summed E-state index contributed by atoms with van der Waals surface area (Å²) in [6.07, 6.45) is 0. The maximum absolute atomic E-state index is 5.46. The van der Waals surface area contributed by atoms with Crippen molar-refractivity contribution in [2.24, 2.45) is 0 Å². The van der Waals surface area contributed by atoms with E-state index in [1.165, 1.54) is 11.5 Å². The van der Waals surface area contributed by atoms with Crippen molar-refractivity contribution >= 4 is 22.4 Å². The van der Waals surface area contributed by atoms with Crippen LogP contribution in [0.3, 0.4) is 0 Å². The molecule has 2 rings (SSSR count). The van der Waals surface area contributed by atoms with E-state index in [9.17, 15) is 0 Å². The predicted octanol–water partition coefficient (Wildman–Crippen LogP) is 3.00. The zero-order chi connectivity index (χ0) is 13.0. The highest BCUT2D eigenvalue weighted by molar-refractivity contribution is 7.09. The molecule has 0 aliphatic carbocycles. The van der Waals surface area contributed by atoms with Crippen LogP contribution in [0.25, 0.3) is 0 Å². The van der Waals surface area contributed by atoms with E-state index in [-0.39, 0.29) is 0 Å². The molecule has 1 N–H and O–H groups in total. The number of hydrogen-bond acceptors (Lipinski definition) is 6. The largest absolute Gasteiger partial charge is 0.493 e. The minimum Gasteiger partial charge on any atom is -0.493 e. The molecule has 0 aliphatic heterocycles. The molecule has 1 heterocycles. The van der Waals surface area contributed by atoms with Crippen LogP contribution in [0, 0.1) is 6.92 Å². The van der Waals surface area contributed by atoms with Gasteiger partial charge in [-0.25, -0.2) is 4.98 Å². The van der Waals surface area contributed by atoms with Gasteiger partial charge in [0.2, 0.25) is 5.13 Å². The minimum atomic E-state index is 0.610. The molecule has 0 fully saturated rings. The molecule has 0 bridgehead atoms. The van der Waals surface area contributed by atoms with Gasteiger partial charge in [-0.3, -0.25) is 0 Å². The first-order chi connectivity index (χ1) is 8.72. The van der Waals surface area contributed by atoms with Crippen molar-refractivity contribution in [3.63, 3.8) is 0 Å². The molecule has 0 radical (unpaired) electrons. The Kier molecular flexibility index (Phi) is 3.99. The van der Waals surface area contributed by atoms with Gasteiger partial charge >= 0.3 is 0 Å². The molecule has 0 atom stereocenters. The predicted molar refractivity (Wildman–Crippen MR) is 72.1 cm³/mol. The molecule has 0 amide bonds. The first-order valence-corrected chi connectivity index (χ1v) is 6.38. The fourth-order valence-electron chi connectivity index (χ4n) is 1.49. The van der Waals surface area contributed by atoms with Gasteiger partial charge in [0.1, 0.15) is 5.82 Å². The number of nitrogens with zero attached hydrogens (tertiary/aromatic N) is 2. The summed E-state index contributed by atoms with van der Waals surface area (Å²) >= 11 is 1.33. The molecule has 1 aromatic heterocycles. The number of aromatic nitrogens is 2. The van der Waals surface area contributed by atoms with E-state index in [0.29, 0.717) is 12.4 Å². The zero-order valence-electron chi connectivity index (χ0n) is 10.6. The van der Waals surface area contributed by atoms with Crippen LogP contribution < -0.4 is 14.8 Å². The number of rotatable bonds is 5. The average molecular weight is 265 g/mol. The van der Waals surface area contributed by atoms with Crippen LogP contribution in [-0.2, 0) is 0 Å². The van der Waals surface area contributed by atoms with Gasteiger partial charge in [0.25, 0.3) is 0 Å². The number of benzene rings is 1. The van der Waals surface area contributed by atoms with Gasteiger partial charge in [-0.05, 0) is 26.0 Å². The lowest BCUT2D eigenvalue weighted by Gasteiger charge is -2.11. The van der Waals surface area contributed by atoms with Crippen LogP contribution >= 0.6 is 11.5 Å². The van der Waals surface area contributed by atoms with Crippen molar-refractivity contribution in [2.75, 3.05) is 19.0 Å². The topological polar surface area (TPSA) is 56.3 Å². The van der Waals surface area contributed by atoms with Crippen molar-refractivity contribution in [3.05, 3.63) is 24.0 Å². The van der Waals surface area contributed by atoms with E-state index in [1.807, 2.05) is 32.0 Å². The summed E-state index contributed by atoms with van der Waals surface area (Å²) in [6.45, 7) is 4.41. The lowest BCUT2D eigenvalue weighted by atomic mass is 10.3. The molecule has 1 aromatic carbocycles. The molecule has 0 saturated heterocycles. The van der Waals surface area contributed by atoms with E-state index >= 15 is 0 Å². The van der Waals surface area contributed by atoms with Crippen LogP contribution in [0.5, 0.6) is 11.5 Å². The molecular weight excluding hydrogens is 250 g/mol. The van der Waals surface area contributed by atoms with Crippen LogP contribution in [-0.4, -0.2) is 23.1 Å². The summed E-state index contributed by atoms with van der Waals surface area (Å²) in [6, 6.07) is 5.67. The molecule has 0 unspecified atom stereocenters. The van der Waals surface area contributed by atoms with Gasteiger partial charge < -0.3 is 14.8 Å². The molecular formula is C12H15N3O2S. The Bertz CT molecular complexity index is 528. The Labute approximate surface area is 110 Å². The van der Waals surface area contributed by atoms with Gasteiger partial charge in [-0.15, -0.1) is 0 Å². The second-order valence-corrected chi connectivity index (χ2v) is 4.32. The Balaban J connectivity index is 2.19. The second-order valence-electron chi connectivity index (χ2n) is 3.57. The summed E-state index contributed by atoms with van der Waals surface area (Å²) in [4.78, 5) is 4.24. The van der Waals surface area contributed by atoms with E-state index in [1.54, 1.807) is 7.11 Å². The maximum atomic E-state index is 5.46. The number of nitrogens with one attached hydrogen (secondary N) is 1. The summed E-state index contributed by atoms with van der Waals surface area (Å²) < 4.78 is 14.9. The quantitative estimate of drug-likeness (QED) is 0.900. The summed E-state index contributed by atoms with van der Waals surface area (Å²) in [7, 11) is 1.62. The van der Waals surface area contributed by atoms with Crippen molar-refractivity contribution < 1.29 is 9.47 Å². The number of anilines is 2. The Morgan fingerprint density at radius 3 is 2.78 bits per heavy atom. The Hall–Kier alpha value is -1.82. The highest BCUT2D eigenvalue weighted by Gasteiger charge is 2.06.